The number of carbonyl (C=O) groups is 1. The van der Waals surface area contributed by atoms with Crippen LogP contribution in [0.5, 0.6) is 0 Å². The second kappa shape index (κ2) is 12.7. The van der Waals surface area contributed by atoms with Gasteiger partial charge in [0.1, 0.15) is 11.1 Å². The lowest BCUT2D eigenvalue weighted by atomic mass is 10.0. The molecule has 1 aromatic heterocycles. The van der Waals surface area contributed by atoms with E-state index in [4.69, 9.17) is 4.74 Å². The summed E-state index contributed by atoms with van der Waals surface area (Å²) in [5, 5.41) is 0.845. The number of aromatic nitrogens is 1. The zero-order valence-corrected chi connectivity index (χ0v) is 20.6. The number of rotatable bonds is 10. The number of ether oxygens (including phenoxy) is 1. The second-order valence-corrected chi connectivity index (χ2v) is 9.49. The molecule has 0 unspecified atom stereocenters. The first-order valence-corrected chi connectivity index (χ1v) is 13.1. The van der Waals surface area contributed by atoms with Gasteiger partial charge in [0.15, 0.2) is 0 Å². The van der Waals surface area contributed by atoms with Crippen LogP contribution in [-0.4, -0.2) is 65.8 Å². The van der Waals surface area contributed by atoms with Crippen molar-refractivity contribution in [1.82, 2.24) is 14.8 Å². The van der Waals surface area contributed by atoms with E-state index in [1.807, 2.05) is 29.2 Å². The van der Waals surface area contributed by atoms with Gasteiger partial charge in [-0.25, -0.2) is 4.98 Å². The van der Waals surface area contributed by atoms with Crippen LogP contribution in [-0.2, 0) is 4.74 Å². The van der Waals surface area contributed by atoms with Gasteiger partial charge in [-0.3, -0.25) is 9.69 Å². The van der Waals surface area contributed by atoms with Crippen LogP contribution in [0.15, 0.2) is 84.0 Å². The minimum atomic E-state index is -0.0742. The van der Waals surface area contributed by atoms with Crippen LogP contribution in [0.3, 0.4) is 0 Å². The number of hydrogen-bond donors (Lipinski definition) is 0. The van der Waals surface area contributed by atoms with E-state index in [1.54, 1.807) is 18.0 Å². The van der Waals surface area contributed by atoms with Crippen molar-refractivity contribution in [1.29, 1.82) is 0 Å². The molecule has 1 fully saturated rings. The largest absolute Gasteiger partial charge is 0.367 e. The van der Waals surface area contributed by atoms with E-state index in [0.717, 1.165) is 66.6 Å². The maximum absolute atomic E-state index is 13.1. The number of piperazine rings is 1. The van der Waals surface area contributed by atoms with Crippen LogP contribution in [0.25, 0.3) is 0 Å². The van der Waals surface area contributed by atoms with Crippen molar-refractivity contribution in [2.75, 3.05) is 45.1 Å². The molecule has 6 heteroatoms. The fourth-order valence-corrected chi connectivity index (χ4v) is 5.00. The van der Waals surface area contributed by atoms with Gasteiger partial charge in [-0.1, -0.05) is 67.6 Å². The molecule has 1 saturated heterocycles. The van der Waals surface area contributed by atoms with Gasteiger partial charge in [0, 0.05) is 38.9 Å². The smallest absolute Gasteiger partial charge is 0.256 e. The van der Waals surface area contributed by atoms with Gasteiger partial charge in [0.05, 0.1) is 12.2 Å². The summed E-state index contributed by atoms with van der Waals surface area (Å²) in [6.07, 6.45) is 2.76. The van der Waals surface area contributed by atoms with Gasteiger partial charge in [-0.2, -0.15) is 0 Å². The Morgan fingerprint density at radius 2 is 1.59 bits per heavy atom. The zero-order valence-electron chi connectivity index (χ0n) is 19.8. The lowest BCUT2D eigenvalue weighted by molar-refractivity contribution is 0.0407. The Balaban J connectivity index is 1.29. The Morgan fingerprint density at radius 3 is 2.21 bits per heavy atom. The van der Waals surface area contributed by atoms with Crippen molar-refractivity contribution in [3.05, 3.63) is 95.7 Å². The molecule has 3 aromatic rings. The van der Waals surface area contributed by atoms with Gasteiger partial charge in [0.2, 0.25) is 0 Å². The predicted octanol–water partition coefficient (Wildman–Crippen LogP) is 5.15. The van der Waals surface area contributed by atoms with Crippen LogP contribution < -0.4 is 0 Å². The molecule has 5 nitrogen and oxygen atoms in total. The standard InChI is InChI=1S/C28H33N3O2S/c1-2-22-34-27-25(14-9-15-29-27)28(32)31-18-16-30(17-19-31)20-21-33-26(23-10-5-3-6-11-23)24-12-7-4-8-13-24/h3-15,26H,2,16-22H2,1H3. The maximum atomic E-state index is 13.1. The minimum Gasteiger partial charge on any atom is -0.367 e. The monoisotopic (exact) mass is 475 g/mol. The summed E-state index contributed by atoms with van der Waals surface area (Å²) in [5.41, 5.74) is 3.06. The van der Waals surface area contributed by atoms with E-state index in [9.17, 15) is 4.79 Å². The van der Waals surface area contributed by atoms with Gasteiger partial charge in [0.25, 0.3) is 5.91 Å². The van der Waals surface area contributed by atoms with E-state index < -0.39 is 0 Å². The Hall–Kier alpha value is -2.67. The Kier molecular flexibility index (Phi) is 9.13. The fourth-order valence-electron chi connectivity index (χ4n) is 4.15. The van der Waals surface area contributed by atoms with Crippen molar-refractivity contribution in [3.63, 3.8) is 0 Å². The average Bonchev–Trinajstić information content (AvgIpc) is 2.91. The summed E-state index contributed by atoms with van der Waals surface area (Å²) in [6.45, 7) is 6.80. The Labute approximate surface area is 207 Å². The molecule has 0 radical (unpaired) electrons. The third-order valence-corrected chi connectivity index (χ3v) is 7.21. The Morgan fingerprint density at radius 1 is 0.941 bits per heavy atom. The molecule has 0 aliphatic carbocycles. The number of pyridine rings is 1. The number of amides is 1. The molecule has 2 heterocycles. The van der Waals surface area contributed by atoms with Crippen molar-refractivity contribution < 1.29 is 9.53 Å². The van der Waals surface area contributed by atoms with Gasteiger partial charge in [-0.15, -0.1) is 11.8 Å². The van der Waals surface area contributed by atoms with Gasteiger partial charge >= 0.3 is 0 Å². The van der Waals surface area contributed by atoms with Gasteiger partial charge in [-0.05, 0) is 35.4 Å². The number of nitrogens with zero attached hydrogens (tertiary/aromatic N) is 3. The first-order valence-electron chi connectivity index (χ1n) is 12.1. The van der Waals surface area contributed by atoms with E-state index in [0.29, 0.717) is 6.61 Å². The molecule has 2 aromatic carbocycles. The molecule has 1 amide bonds. The Bertz CT molecular complexity index is 985. The van der Waals surface area contributed by atoms with Crippen LogP contribution >= 0.6 is 11.8 Å². The molecule has 1 aliphatic rings. The summed E-state index contributed by atoms with van der Waals surface area (Å²) in [7, 11) is 0. The van der Waals surface area contributed by atoms with Crippen LogP contribution in [0.1, 0.15) is 40.9 Å². The van der Waals surface area contributed by atoms with E-state index in [-0.39, 0.29) is 12.0 Å². The van der Waals surface area contributed by atoms with Crippen molar-refractivity contribution in [2.24, 2.45) is 0 Å². The fraction of sp³-hybridized carbons (Fsp3) is 0.357. The summed E-state index contributed by atoms with van der Waals surface area (Å²) >= 11 is 1.66. The molecule has 4 rings (SSSR count). The van der Waals surface area contributed by atoms with Gasteiger partial charge < -0.3 is 9.64 Å². The molecule has 0 spiro atoms. The molecule has 0 bridgehead atoms. The number of carbonyl (C=O) groups excluding carboxylic acids is 1. The van der Waals surface area contributed by atoms with Crippen molar-refractivity contribution in [2.45, 2.75) is 24.5 Å². The molecule has 0 atom stereocenters. The highest BCUT2D eigenvalue weighted by Gasteiger charge is 2.24. The molecule has 0 saturated carbocycles. The van der Waals surface area contributed by atoms with Crippen LogP contribution in [0.4, 0.5) is 0 Å². The SMILES string of the molecule is CCCSc1ncccc1C(=O)N1CCN(CCOC(c2ccccc2)c2ccccc2)CC1. The molecular weight excluding hydrogens is 442 g/mol. The second-order valence-electron chi connectivity index (χ2n) is 8.41. The molecule has 178 valence electrons. The number of benzene rings is 2. The molecule has 34 heavy (non-hydrogen) atoms. The highest BCUT2D eigenvalue weighted by Crippen LogP contribution is 2.26. The van der Waals surface area contributed by atoms with E-state index in [1.165, 1.54) is 0 Å². The summed E-state index contributed by atoms with van der Waals surface area (Å²) in [5.74, 6) is 1.06. The zero-order chi connectivity index (χ0) is 23.6. The normalized spacial score (nSPS) is 14.5. The highest BCUT2D eigenvalue weighted by atomic mass is 32.2. The van der Waals surface area contributed by atoms with Crippen molar-refractivity contribution >= 4 is 17.7 Å². The third kappa shape index (κ3) is 6.47. The van der Waals surface area contributed by atoms with Crippen molar-refractivity contribution in [3.8, 4) is 0 Å². The van der Waals surface area contributed by atoms with Crippen LogP contribution in [0, 0.1) is 0 Å². The van der Waals surface area contributed by atoms with E-state index >= 15 is 0 Å². The van der Waals surface area contributed by atoms with E-state index in [2.05, 4.69) is 65.3 Å². The lowest BCUT2D eigenvalue weighted by Gasteiger charge is -2.35. The summed E-state index contributed by atoms with van der Waals surface area (Å²) < 4.78 is 6.38. The van der Waals surface area contributed by atoms with Crippen LogP contribution in [0.2, 0.25) is 0 Å². The number of hydrogen-bond acceptors (Lipinski definition) is 5. The molecular formula is C28H33N3O2S. The quantitative estimate of drug-likeness (QED) is 0.380. The lowest BCUT2D eigenvalue weighted by Crippen LogP contribution is -2.49. The first-order chi connectivity index (χ1) is 16.8. The predicted molar refractivity (Wildman–Crippen MR) is 138 cm³/mol. The molecule has 1 aliphatic heterocycles. The maximum Gasteiger partial charge on any atom is 0.256 e. The highest BCUT2D eigenvalue weighted by molar-refractivity contribution is 7.99. The average molecular weight is 476 g/mol. The summed E-state index contributed by atoms with van der Waals surface area (Å²) in [4.78, 5) is 21.9. The first kappa shape index (κ1) is 24.5. The molecule has 0 N–H and O–H groups in total. The minimum absolute atomic E-state index is 0.0742. The number of thioether (sulfide) groups is 1. The third-order valence-electron chi connectivity index (χ3n) is 6.00. The summed E-state index contributed by atoms with van der Waals surface area (Å²) in [6, 6.07) is 24.5. The topological polar surface area (TPSA) is 45.7 Å².